The Morgan fingerprint density at radius 2 is 1.86 bits per heavy atom. The number of benzene rings is 3. The standard InChI is InChI=1S/C30H27N5O/c1-18-7-6-10-23(19-8-4-3-5-9-19)29(18)21-11-20-13-28(32-16-26(20)27(31)12-21)34-30(36)25-14-24(25)22-15-33-35(2)17-22/h3-13,15-17,24-25H,14,31H2,1-2H3,(H,32,34,36)/t24-,25+/m1/s1. The number of amides is 1. The van der Waals surface area contributed by atoms with Gasteiger partial charge in [0.1, 0.15) is 5.82 Å². The van der Waals surface area contributed by atoms with E-state index in [2.05, 4.69) is 70.9 Å². The van der Waals surface area contributed by atoms with Gasteiger partial charge in [0.05, 0.1) is 6.20 Å². The number of aryl methyl sites for hydroxylation is 2. The summed E-state index contributed by atoms with van der Waals surface area (Å²) in [6.45, 7) is 2.12. The molecular formula is C30H27N5O. The largest absolute Gasteiger partial charge is 0.398 e. The van der Waals surface area contributed by atoms with Gasteiger partial charge in [0, 0.05) is 36.4 Å². The van der Waals surface area contributed by atoms with Crippen LogP contribution in [0, 0.1) is 12.8 Å². The van der Waals surface area contributed by atoms with Crippen LogP contribution in [0.5, 0.6) is 0 Å². The molecule has 0 radical (unpaired) electrons. The van der Waals surface area contributed by atoms with Crippen molar-refractivity contribution < 1.29 is 4.79 Å². The molecule has 0 aliphatic heterocycles. The molecule has 6 heteroatoms. The minimum absolute atomic E-state index is 0.00917. The first kappa shape index (κ1) is 22.0. The van der Waals surface area contributed by atoms with Crippen LogP contribution >= 0.6 is 0 Å². The molecule has 1 saturated carbocycles. The lowest BCUT2D eigenvalue weighted by Gasteiger charge is -2.15. The molecule has 178 valence electrons. The van der Waals surface area contributed by atoms with Gasteiger partial charge in [-0.15, -0.1) is 0 Å². The van der Waals surface area contributed by atoms with Crippen LogP contribution in [0.4, 0.5) is 11.5 Å². The number of anilines is 2. The number of fused-ring (bicyclic) bond motifs is 1. The fraction of sp³-hybridized carbons (Fsp3) is 0.167. The number of rotatable bonds is 5. The molecule has 0 bridgehead atoms. The van der Waals surface area contributed by atoms with Crippen molar-refractivity contribution in [1.82, 2.24) is 14.8 Å². The number of pyridine rings is 1. The second-order valence-electron chi connectivity index (χ2n) is 9.60. The van der Waals surface area contributed by atoms with Gasteiger partial charge in [0.2, 0.25) is 5.91 Å². The Kier molecular flexibility index (Phi) is 5.29. The molecule has 1 amide bonds. The van der Waals surface area contributed by atoms with E-state index in [1.54, 1.807) is 10.9 Å². The zero-order valence-electron chi connectivity index (χ0n) is 20.3. The topological polar surface area (TPSA) is 85.8 Å². The van der Waals surface area contributed by atoms with Crippen LogP contribution in [0.1, 0.15) is 23.5 Å². The number of hydrogen-bond donors (Lipinski definition) is 2. The number of carbonyl (C=O) groups is 1. The summed E-state index contributed by atoms with van der Waals surface area (Å²) < 4.78 is 1.77. The van der Waals surface area contributed by atoms with Crippen molar-refractivity contribution in [3.8, 4) is 22.3 Å². The number of hydrogen-bond acceptors (Lipinski definition) is 4. The van der Waals surface area contributed by atoms with Crippen molar-refractivity contribution in [2.45, 2.75) is 19.3 Å². The monoisotopic (exact) mass is 473 g/mol. The molecule has 0 spiro atoms. The number of carbonyl (C=O) groups excluding carboxylic acids is 1. The molecule has 1 fully saturated rings. The van der Waals surface area contributed by atoms with Gasteiger partial charge in [-0.3, -0.25) is 9.48 Å². The second-order valence-corrected chi connectivity index (χ2v) is 9.60. The molecule has 0 saturated heterocycles. The lowest BCUT2D eigenvalue weighted by atomic mass is 9.90. The SMILES string of the molecule is Cc1cccc(-c2ccccc2)c1-c1cc(N)c2cnc(NC(=O)[C@H]3C[C@@H]3c3cnn(C)c3)cc2c1. The van der Waals surface area contributed by atoms with Gasteiger partial charge in [0.25, 0.3) is 0 Å². The quantitative estimate of drug-likeness (QED) is 0.310. The van der Waals surface area contributed by atoms with Gasteiger partial charge < -0.3 is 11.1 Å². The van der Waals surface area contributed by atoms with Crippen molar-refractivity contribution in [2.24, 2.45) is 13.0 Å². The average Bonchev–Trinajstić information content (AvgIpc) is 3.57. The van der Waals surface area contributed by atoms with Crippen molar-refractivity contribution in [1.29, 1.82) is 0 Å². The molecule has 36 heavy (non-hydrogen) atoms. The number of nitrogens with one attached hydrogen (secondary N) is 1. The van der Waals surface area contributed by atoms with Crippen LogP contribution in [0.25, 0.3) is 33.0 Å². The average molecular weight is 474 g/mol. The number of nitrogens with zero attached hydrogens (tertiary/aromatic N) is 3. The maximum atomic E-state index is 12.9. The van der Waals surface area contributed by atoms with Gasteiger partial charge in [-0.1, -0.05) is 48.5 Å². The molecule has 2 heterocycles. The minimum Gasteiger partial charge on any atom is -0.398 e. The summed E-state index contributed by atoms with van der Waals surface area (Å²) in [5.41, 5.74) is 13.9. The third-order valence-corrected chi connectivity index (χ3v) is 7.05. The molecule has 0 unspecified atom stereocenters. The fourth-order valence-corrected chi connectivity index (χ4v) is 5.11. The molecule has 6 rings (SSSR count). The van der Waals surface area contributed by atoms with E-state index >= 15 is 0 Å². The number of nitrogens with two attached hydrogens (primary N) is 1. The molecule has 6 nitrogen and oxygen atoms in total. The van der Waals surface area contributed by atoms with Crippen LogP contribution in [-0.4, -0.2) is 20.7 Å². The van der Waals surface area contributed by atoms with Gasteiger partial charge >= 0.3 is 0 Å². The Morgan fingerprint density at radius 3 is 2.64 bits per heavy atom. The predicted molar refractivity (Wildman–Crippen MR) is 144 cm³/mol. The van der Waals surface area contributed by atoms with Crippen molar-refractivity contribution in [3.05, 3.63) is 96.4 Å². The second kappa shape index (κ2) is 8.64. The highest BCUT2D eigenvalue weighted by molar-refractivity contribution is 6.01. The molecule has 2 atom stereocenters. The van der Waals surface area contributed by atoms with Gasteiger partial charge in [-0.25, -0.2) is 4.98 Å². The lowest BCUT2D eigenvalue weighted by Crippen LogP contribution is -2.15. The molecule has 5 aromatic rings. The Balaban J connectivity index is 1.33. The summed E-state index contributed by atoms with van der Waals surface area (Å²) in [6, 6.07) is 22.8. The summed E-state index contributed by atoms with van der Waals surface area (Å²) in [5.74, 6) is 0.696. The number of nitrogen functional groups attached to an aromatic ring is 1. The first-order chi connectivity index (χ1) is 17.5. The summed E-state index contributed by atoms with van der Waals surface area (Å²) in [6.07, 6.45) is 6.39. The van der Waals surface area contributed by atoms with E-state index in [0.717, 1.165) is 45.0 Å². The van der Waals surface area contributed by atoms with E-state index < -0.39 is 0 Å². The first-order valence-electron chi connectivity index (χ1n) is 12.1. The van der Waals surface area contributed by atoms with Crippen LogP contribution in [0.15, 0.2) is 85.3 Å². The number of aromatic nitrogens is 3. The highest BCUT2D eigenvalue weighted by atomic mass is 16.2. The van der Waals surface area contributed by atoms with E-state index in [0.29, 0.717) is 11.5 Å². The summed E-state index contributed by atoms with van der Waals surface area (Å²) in [5, 5.41) is 9.04. The molecule has 3 N–H and O–H groups in total. The highest BCUT2D eigenvalue weighted by Crippen LogP contribution is 2.48. The highest BCUT2D eigenvalue weighted by Gasteiger charge is 2.44. The Hall–Kier alpha value is -4.45. The van der Waals surface area contributed by atoms with Crippen LogP contribution in [0.3, 0.4) is 0 Å². The third-order valence-electron chi connectivity index (χ3n) is 7.05. The molecule has 2 aromatic heterocycles. The van der Waals surface area contributed by atoms with Crippen LogP contribution in [0.2, 0.25) is 0 Å². The van der Waals surface area contributed by atoms with Crippen molar-refractivity contribution >= 4 is 28.2 Å². The lowest BCUT2D eigenvalue weighted by molar-refractivity contribution is -0.117. The summed E-state index contributed by atoms with van der Waals surface area (Å²) in [7, 11) is 1.89. The third kappa shape index (κ3) is 4.01. The van der Waals surface area contributed by atoms with Gasteiger partial charge in [-0.05, 0) is 76.2 Å². The minimum atomic E-state index is -0.0523. The van der Waals surface area contributed by atoms with E-state index in [4.69, 9.17) is 5.73 Å². The maximum Gasteiger partial charge on any atom is 0.229 e. The Labute approximate surface area is 209 Å². The zero-order chi connectivity index (χ0) is 24.8. The summed E-state index contributed by atoms with van der Waals surface area (Å²) in [4.78, 5) is 17.4. The summed E-state index contributed by atoms with van der Waals surface area (Å²) >= 11 is 0. The first-order valence-corrected chi connectivity index (χ1v) is 12.1. The molecule has 1 aliphatic carbocycles. The van der Waals surface area contributed by atoms with E-state index in [1.165, 1.54) is 5.56 Å². The zero-order valence-corrected chi connectivity index (χ0v) is 20.3. The van der Waals surface area contributed by atoms with Crippen LogP contribution < -0.4 is 11.1 Å². The van der Waals surface area contributed by atoms with E-state index in [9.17, 15) is 4.79 Å². The predicted octanol–water partition coefficient (Wildman–Crippen LogP) is 5.94. The van der Waals surface area contributed by atoms with E-state index in [-0.39, 0.29) is 17.7 Å². The Bertz CT molecular complexity index is 1610. The van der Waals surface area contributed by atoms with Crippen molar-refractivity contribution in [3.63, 3.8) is 0 Å². The molecule has 1 aliphatic rings. The molecular weight excluding hydrogens is 446 g/mol. The normalized spacial score (nSPS) is 16.7. The van der Waals surface area contributed by atoms with Gasteiger partial charge in [0.15, 0.2) is 0 Å². The Morgan fingerprint density at radius 1 is 1.03 bits per heavy atom. The maximum absolute atomic E-state index is 12.9. The van der Waals surface area contributed by atoms with Gasteiger partial charge in [-0.2, -0.15) is 5.10 Å². The molecule has 3 aromatic carbocycles. The van der Waals surface area contributed by atoms with Crippen molar-refractivity contribution in [2.75, 3.05) is 11.1 Å². The fourth-order valence-electron chi connectivity index (χ4n) is 5.11. The smallest absolute Gasteiger partial charge is 0.229 e. The van der Waals surface area contributed by atoms with Crippen LogP contribution in [-0.2, 0) is 11.8 Å². The van der Waals surface area contributed by atoms with E-state index in [1.807, 2.05) is 37.6 Å².